The fourth-order valence-corrected chi connectivity index (χ4v) is 3.77. The molecule has 0 radical (unpaired) electrons. The first-order valence-corrected chi connectivity index (χ1v) is 8.90. The molecule has 2 aromatic heterocycles. The first-order valence-electron chi connectivity index (χ1n) is 8.90. The van der Waals surface area contributed by atoms with Crippen LogP contribution in [-0.4, -0.2) is 27.6 Å². The fourth-order valence-electron chi connectivity index (χ4n) is 3.77. The van der Waals surface area contributed by atoms with Gasteiger partial charge in [0.1, 0.15) is 5.52 Å². The second-order valence-corrected chi connectivity index (χ2v) is 6.93. The summed E-state index contributed by atoms with van der Waals surface area (Å²) in [6, 6.07) is 15.2. The highest BCUT2D eigenvalue weighted by molar-refractivity contribution is 6.03. The highest BCUT2D eigenvalue weighted by atomic mass is 16.3. The van der Waals surface area contributed by atoms with Gasteiger partial charge >= 0.3 is 0 Å². The van der Waals surface area contributed by atoms with Crippen molar-refractivity contribution in [1.29, 1.82) is 0 Å². The third-order valence-electron chi connectivity index (χ3n) is 5.42. The Hall–Kier alpha value is -2.79. The van der Waals surface area contributed by atoms with Crippen molar-refractivity contribution in [2.24, 2.45) is 5.41 Å². The van der Waals surface area contributed by atoms with Gasteiger partial charge in [0.05, 0.1) is 12.6 Å². The van der Waals surface area contributed by atoms with E-state index in [1.807, 2.05) is 48.5 Å². The number of aromatic nitrogens is 2. The van der Waals surface area contributed by atoms with Crippen molar-refractivity contribution in [2.75, 3.05) is 6.61 Å². The molecule has 1 fully saturated rings. The van der Waals surface area contributed by atoms with Gasteiger partial charge in [-0.05, 0) is 30.5 Å². The number of hydrogen-bond acceptors (Lipinski definition) is 4. The lowest BCUT2D eigenvalue weighted by atomic mass is 9.63. The summed E-state index contributed by atoms with van der Waals surface area (Å²) < 4.78 is 0. The SMILES string of the molecule is O=C(NC(c1ccccc1)C1(CO)CCC1)c1nccc2cccnc12. The van der Waals surface area contributed by atoms with Crippen molar-refractivity contribution in [2.45, 2.75) is 25.3 Å². The van der Waals surface area contributed by atoms with Gasteiger partial charge in [-0.15, -0.1) is 0 Å². The van der Waals surface area contributed by atoms with Crippen LogP contribution in [0.2, 0.25) is 0 Å². The van der Waals surface area contributed by atoms with E-state index in [-0.39, 0.29) is 24.0 Å². The van der Waals surface area contributed by atoms with Crippen molar-refractivity contribution in [1.82, 2.24) is 15.3 Å². The average molecular weight is 347 g/mol. The zero-order valence-electron chi connectivity index (χ0n) is 14.4. The molecule has 5 heteroatoms. The van der Waals surface area contributed by atoms with E-state index in [0.29, 0.717) is 11.2 Å². The molecule has 1 aliphatic carbocycles. The largest absolute Gasteiger partial charge is 0.396 e. The van der Waals surface area contributed by atoms with Crippen LogP contribution in [0.25, 0.3) is 10.9 Å². The Morgan fingerprint density at radius 3 is 2.58 bits per heavy atom. The molecule has 0 bridgehead atoms. The van der Waals surface area contributed by atoms with Gasteiger partial charge in [0.25, 0.3) is 5.91 Å². The number of benzene rings is 1. The number of hydrogen-bond donors (Lipinski definition) is 2. The molecule has 1 aromatic carbocycles. The monoisotopic (exact) mass is 347 g/mol. The van der Waals surface area contributed by atoms with Gasteiger partial charge in [0.2, 0.25) is 0 Å². The molecule has 3 aromatic rings. The number of amides is 1. The van der Waals surface area contributed by atoms with Gasteiger partial charge in [0, 0.05) is 23.2 Å². The summed E-state index contributed by atoms with van der Waals surface area (Å²) in [5.74, 6) is -0.261. The number of nitrogens with zero attached hydrogens (tertiary/aromatic N) is 2. The van der Waals surface area contributed by atoms with Gasteiger partial charge in [-0.3, -0.25) is 9.78 Å². The molecule has 5 nitrogen and oxygen atoms in total. The van der Waals surface area contributed by atoms with Gasteiger partial charge in [-0.25, -0.2) is 4.98 Å². The minimum atomic E-state index is -0.310. The van der Waals surface area contributed by atoms with Crippen LogP contribution in [0.3, 0.4) is 0 Å². The molecule has 2 N–H and O–H groups in total. The van der Waals surface area contributed by atoms with E-state index in [2.05, 4.69) is 15.3 Å². The summed E-state index contributed by atoms with van der Waals surface area (Å²) >= 11 is 0. The summed E-state index contributed by atoms with van der Waals surface area (Å²) in [6.45, 7) is 0.0497. The number of fused-ring (bicyclic) bond motifs is 1. The number of carbonyl (C=O) groups excluding carboxylic acids is 1. The summed E-state index contributed by atoms with van der Waals surface area (Å²) in [6.07, 6.45) is 6.14. The molecule has 1 aliphatic rings. The topological polar surface area (TPSA) is 75.1 Å². The van der Waals surface area contributed by atoms with Crippen LogP contribution in [0, 0.1) is 5.41 Å². The molecular formula is C21H21N3O2. The number of rotatable bonds is 5. The quantitative estimate of drug-likeness (QED) is 0.743. The molecule has 4 rings (SSSR count). The van der Waals surface area contributed by atoms with Gasteiger partial charge in [-0.2, -0.15) is 0 Å². The molecule has 0 spiro atoms. The number of aliphatic hydroxyl groups is 1. The van der Waals surface area contributed by atoms with Crippen LogP contribution in [0.15, 0.2) is 60.9 Å². The predicted octanol–water partition coefficient (Wildman–Crippen LogP) is 3.26. The van der Waals surface area contributed by atoms with Crippen molar-refractivity contribution < 1.29 is 9.90 Å². The first-order chi connectivity index (χ1) is 12.7. The van der Waals surface area contributed by atoms with Crippen LogP contribution < -0.4 is 5.32 Å². The van der Waals surface area contributed by atoms with Crippen LogP contribution in [-0.2, 0) is 0 Å². The maximum atomic E-state index is 13.0. The Morgan fingerprint density at radius 2 is 1.88 bits per heavy atom. The molecule has 1 atom stereocenters. The van der Waals surface area contributed by atoms with Crippen molar-refractivity contribution in [3.8, 4) is 0 Å². The fraction of sp³-hybridized carbons (Fsp3) is 0.286. The lowest BCUT2D eigenvalue weighted by molar-refractivity contribution is 0.00595. The van der Waals surface area contributed by atoms with E-state index in [1.54, 1.807) is 12.4 Å². The molecule has 26 heavy (non-hydrogen) atoms. The molecule has 0 aliphatic heterocycles. The van der Waals surface area contributed by atoms with Crippen LogP contribution in [0.1, 0.15) is 41.4 Å². The minimum Gasteiger partial charge on any atom is -0.396 e. The van der Waals surface area contributed by atoms with Gasteiger partial charge in [0.15, 0.2) is 5.69 Å². The highest BCUT2D eigenvalue weighted by Gasteiger charge is 2.45. The molecule has 1 amide bonds. The van der Waals surface area contributed by atoms with Crippen LogP contribution in [0.5, 0.6) is 0 Å². The summed E-state index contributed by atoms with van der Waals surface area (Å²) in [5, 5.41) is 14.1. The van der Waals surface area contributed by atoms with E-state index in [0.717, 1.165) is 30.2 Å². The Kier molecular flexibility index (Phi) is 4.39. The summed E-state index contributed by atoms with van der Waals surface area (Å²) in [4.78, 5) is 21.6. The number of nitrogens with one attached hydrogen (secondary N) is 1. The molecule has 132 valence electrons. The Labute approximate surface area is 152 Å². The first kappa shape index (κ1) is 16.7. The summed E-state index contributed by atoms with van der Waals surface area (Å²) in [5.41, 5.74) is 1.60. The maximum Gasteiger partial charge on any atom is 0.272 e. The molecule has 1 unspecified atom stereocenters. The standard InChI is InChI=1S/C21H21N3O2/c25-14-21(10-5-11-21)19(16-6-2-1-3-7-16)24-20(26)18-17-15(9-13-23-18)8-4-12-22-17/h1-4,6-9,12-13,19,25H,5,10-11,14H2,(H,24,26). The number of carbonyl (C=O) groups is 1. The predicted molar refractivity (Wildman–Crippen MR) is 99.6 cm³/mol. The van der Waals surface area contributed by atoms with Gasteiger partial charge in [-0.1, -0.05) is 42.8 Å². The third kappa shape index (κ3) is 2.84. The van der Waals surface area contributed by atoms with Crippen LogP contribution >= 0.6 is 0 Å². The Morgan fingerprint density at radius 1 is 1.08 bits per heavy atom. The summed E-state index contributed by atoms with van der Waals surface area (Å²) in [7, 11) is 0. The lowest BCUT2D eigenvalue weighted by Crippen LogP contribution is -2.47. The van der Waals surface area contributed by atoms with Crippen molar-refractivity contribution in [3.63, 3.8) is 0 Å². The second kappa shape index (κ2) is 6.84. The molecule has 1 saturated carbocycles. The zero-order valence-corrected chi connectivity index (χ0v) is 14.4. The minimum absolute atomic E-state index is 0.0497. The van der Waals surface area contributed by atoms with E-state index in [1.165, 1.54) is 0 Å². The van der Waals surface area contributed by atoms with E-state index in [9.17, 15) is 9.90 Å². The van der Waals surface area contributed by atoms with Gasteiger partial charge < -0.3 is 10.4 Å². The molecular weight excluding hydrogens is 326 g/mol. The normalized spacial score (nSPS) is 16.7. The van der Waals surface area contributed by atoms with Crippen molar-refractivity contribution in [3.05, 3.63) is 72.2 Å². The number of pyridine rings is 2. The highest BCUT2D eigenvalue weighted by Crippen LogP contribution is 2.50. The smallest absolute Gasteiger partial charge is 0.272 e. The van der Waals surface area contributed by atoms with E-state index < -0.39 is 0 Å². The lowest BCUT2D eigenvalue weighted by Gasteiger charge is -2.47. The maximum absolute atomic E-state index is 13.0. The number of aliphatic hydroxyl groups excluding tert-OH is 1. The average Bonchev–Trinajstić information content (AvgIpc) is 2.67. The van der Waals surface area contributed by atoms with Crippen molar-refractivity contribution >= 4 is 16.8 Å². The second-order valence-electron chi connectivity index (χ2n) is 6.93. The Balaban J connectivity index is 1.70. The van der Waals surface area contributed by atoms with E-state index in [4.69, 9.17) is 0 Å². The van der Waals surface area contributed by atoms with E-state index >= 15 is 0 Å². The molecule has 0 saturated heterocycles. The Bertz CT molecular complexity index is 912. The van der Waals surface area contributed by atoms with Crippen LogP contribution in [0.4, 0.5) is 0 Å². The third-order valence-corrected chi connectivity index (χ3v) is 5.42. The zero-order chi connectivity index (χ0) is 18.0. The molecule has 2 heterocycles.